The van der Waals surface area contributed by atoms with Gasteiger partial charge in [0, 0.05) is 13.0 Å². The maximum atomic E-state index is 12.2. The molecule has 1 saturated heterocycles. The van der Waals surface area contributed by atoms with E-state index in [1.54, 1.807) is 12.1 Å². The van der Waals surface area contributed by atoms with Gasteiger partial charge in [-0.2, -0.15) is 5.10 Å². The standard InChI is InChI=1S/C14H20N4O2/c1-2-3-7-13(19)18-8-5-4-6-12(18)10-9-11(14(15)20)17-16-10/h2,9,12H,1,3-8H2,(H2,15,20)(H,16,17)/t12-/m0/s1. The second kappa shape index (κ2) is 6.36. The largest absolute Gasteiger partial charge is 0.364 e. The predicted octanol–water partition coefficient (Wildman–Crippen LogP) is 1.53. The highest BCUT2D eigenvalue weighted by molar-refractivity contribution is 5.90. The van der Waals surface area contributed by atoms with Crippen molar-refractivity contribution in [1.29, 1.82) is 0 Å². The molecule has 2 amide bonds. The van der Waals surface area contributed by atoms with Gasteiger partial charge in [0.2, 0.25) is 5.91 Å². The first kappa shape index (κ1) is 14.3. The number of primary amides is 1. The van der Waals surface area contributed by atoms with Crippen LogP contribution in [-0.4, -0.2) is 33.5 Å². The van der Waals surface area contributed by atoms with Crippen LogP contribution in [0.2, 0.25) is 0 Å². The third-order valence-corrected chi connectivity index (χ3v) is 3.59. The molecular weight excluding hydrogens is 256 g/mol. The van der Waals surface area contributed by atoms with Crippen LogP contribution in [0.1, 0.15) is 54.3 Å². The number of piperidine rings is 1. The molecule has 0 aromatic carbocycles. The van der Waals surface area contributed by atoms with E-state index in [2.05, 4.69) is 16.8 Å². The van der Waals surface area contributed by atoms with Crippen LogP contribution in [-0.2, 0) is 4.79 Å². The van der Waals surface area contributed by atoms with Crippen molar-refractivity contribution in [2.75, 3.05) is 6.54 Å². The minimum absolute atomic E-state index is 0.0401. The Hall–Kier alpha value is -2.11. The first-order chi connectivity index (χ1) is 9.63. The number of hydrogen-bond donors (Lipinski definition) is 2. The van der Waals surface area contributed by atoms with Crippen molar-refractivity contribution in [1.82, 2.24) is 15.1 Å². The minimum Gasteiger partial charge on any atom is -0.364 e. The van der Waals surface area contributed by atoms with E-state index in [0.29, 0.717) is 12.8 Å². The second-order valence-electron chi connectivity index (χ2n) is 5.00. The average Bonchev–Trinajstić information content (AvgIpc) is 2.94. The van der Waals surface area contributed by atoms with Gasteiger partial charge in [0.15, 0.2) is 0 Å². The molecule has 2 heterocycles. The summed E-state index contributed by atoms with van der Waals surface area (Å²) in [6.07, 6.45) is 5.83. The van der Waals surface area contributed by atoms with Crippen LogP contribution in [0.3, 0.4) is 0 Å². The van der Waals surface area contributed by atoms with Gasteiger partial charge in [0.25, 0.3) is 5.91 Å². The Labute approximate surface area is 118 Å². The quantitative estimate of drug-likeness (QED) is 0.799. The molecule has 6 nitrogen and oxygen atoms in total. The molecule has 20 heavy (non-hydrogen) atoms. The molecule has 1 atom stereocenters. The van der Waals surface area contributed by atoms with Gasteiger partial charge in [-0.1, -0.05) is 6.08 Å². The molecule has 1 fully saturated rings. The van der Waals surface area contributed by atoms with E-state index in [0.717, 1.165) is 31.5 Å². The van der Waals surface area contributed by atoms with Crippen molar-refractivity contribution < 1.29 is 9.59 Å². The molecule has 0 aliphatic carbocycles. The van der Waals surface area contributed by atoms with Crippen molar-refractivity contribution >= 4 is 11.8 Å². The molecule has 2 rings (SSSR count). The molecular formula is C14H20N4O2. The predicted molar refractivity (Wildman–Crippen MR) is 74.8 cm³/mol. The normalized spacial score (nSPS) is 18.8. The van der Waals surface area contributed by atoms with Gasteiger partial charge in [-0.05, 0) is 31.7 Å². The molecule has 3 N–H and O–H groups in total. The molecule has 0 spiro atoms. The van der Waals surface area contributed by atoms with Crippen LogP contribution in [0.5, 0.6) is 0 Å². The number of nitrogens with zero attached hydrogens (tertiary/aromatic N) is 2. The highest BCUT2D eigenvalue weighted by Gasteiger charge is 2.29. The maximum absolute atomic E-state index is 12.2. The summed E-state index contributed by atoms with van der Waals surface area (Å²) in [7, 11) is 0. The molecule has 6 heteroatoms. The lowest BCUT2D eigenvalue weighted by Crippen LogP contribution is -2.38. The zero-order valence-corrected chi connectivity index (χ0v) is 11.5. The fourth-order valence-corrected chi connectivity index (χ4v) is 2.56. The van der Waals surface area contributed by atoms with E-state index in [4.69, 9.17) is 5.73 Å². The number of aromatic amines is 1. The van der Waals surface area contributed by atoms with Crippen molar-refractivity contribution in [3.05, 3.63) is 30.1 Å². The Bertz CT molecular complexity index is 509. The monoisotopic (exact) mass is 276 g/mol. The Kier molecular flexibility index (Phi) is 4.55. The molecule has 1 aromatic heterocycles. The molecule has 1 aliphatic rings. The van der Waals surface area contributed by atoms with Crippen LogP contribution >= 0.6 is 0 Å². The lowest BCUT2D eigenvalue weighted by Gasteiger charge is -2.35. The number of likely N-dealkylation sites (tertiary alicyclic amines) is 1. The van der Waals surface area contributed by atoms with Gasteiger partial charge in [-0.15, -0.1) is 6.58 Å². The van der Waals surface area contributed by atoms with Crippen molar-refractivity contribution in [2.45, 2.75) is 38.1 Å². The number of hydrogen-bond acceptors (Lipinski definition) is 3. The molecule has 0 saturated carbocycles. The number of rotatable bonds is 5. The van der Waals surface area contributed by atoms with E-state index in [1.807, 2.05) is 4.90 Å². The highest BCUT2D eigenvalue weighted by atomic mass is 16.2. The van der Waals surface area contributed by atoms with Gasteiger partial charge in [0.1, 0.15) is 5.69 Å². The second-order valence-corrected chi connectivity index (χ2v) is 5.00. The number of H-pyrrole nitrogens is 1. The van der Waals surface area contributed by atoms with Gasteiger partial charge < -0.3 is 10.6 Å². The maximum Gasteiger partial charge on any atom is 0.269 e. The van der Waals surface area contributed by atoms with Gasteiger partial charge in [-0.25, -0.2) is 0 Å². The number of carbonyl (C=O) groups is 2. The Balaban J connectivity index is 2.15. The number of allylic oxidation sites excluding steroid dienone is 1. The lowest BCUT2D eigenvalue weighted by atomic mass is 9.98. The number of nitrogens with one attached hydrogen (secondary N) is 1. The Morgan fingerprint density at radius 3 is 3.00 bits per heavy atom. The third-order valence-electron chi connectivity index (χ3n) is 3.59. The SMILES string of the molecule is C=CCCC(=O)N1CCCC[C@H]1c1cc(C(N)=O)n[nH]1. The Morgan fingerprint density at radius 1 is 1.55 bits per heavy atom. The number of amides is 2. The molecule has 1 aromatic rings. The smallest absolute Gasteiger partial charge is 0.269 e. The van der Waals surface area contributed by atoms with Crippen LogP contribution < -0.4 is 5.73 Å². The Morgan fingerprint density at radius 2 is 2.35 bits per heavy atom. The first-order valence-corrected chi connectivity index (χ1v) is 6.89. The molecule has 108 valence electrons. The summed E-state index contributed by atoms with van der Waals surface area (Å²) in [5.74, 6) is -0.447. The highest BCUT2D eigenvalue weighted by Crippen LogP contribution is 2.30. The van der Waals surface area contributed by atoms with Gasteiger partial charge in [0.05, 0.1) is 11.7 Å². The van der Waals surface area contributed by atoms with Crippen LogP contribution in [0.25, 0.3) is 0 Å². The number of nitrogens with two attached hydrogens (primary N) is 1. The number of carbonyl (C=O) groups excluding carboxylic acids is 2. The zero-order chi connectivity index (χ0) is 14.5. The third kappa shape index (κ3) is 3.07. The van der Waals surface area contributed by atoms with Crippen LogP contribution in [0, 0.1) is 0 Å². The van der Waals surface area contributed by atoms with Crippen LogP contribution in [0.15, 0.2) is 18.7 Å². The van der Waals surface area contributed by atoms with E-state index >= 15 is 0 Å². The topological polar surface area (TPSA) is 92.1 Å². The molecule has 0 bridgehead atoms. The van der Waals surface area contributed by atoms with E-state index in [-0.39, 0.29) is 17.6 Å². The summed E-state index contributed by atoms with van der Waals surface area (Å²) in [6.45, 7) is 4.38. The van der Waals surface area contributed by atoms with E-state index < -0.39 is 5.91 Å². The van der Waals surface area contributed by atoms with Crippen LogP contribution in [0.4, 0.5) is 0 Å². The summed E-state index contributed by atoms with van der Waals surface area (Å²) in [6, 6.07) is 1.60. The van der Waals surface area contributed by atoms with E-state index in [9.17, 15) is 9.59 Å². The average molecular weight is 276 g/mol. The first-order valence-electron chi connectivity index (χ1n) is 6.89. The molecule has 1 aliphatic heterocycles. The fraction of sp³-hybridized carbons (Fsp3) is 0.500. The summed E-state index contributed by atoms with van der Waals surface area (Å²) in [4.78, 5) is 25.2. The summed E-state index contributed by atoms with van der Waals surface area (Å²) in [5.41, 5.74) is 6.20. The molecule has 0 radical (unpaired) electrons. The van der Waals surface area contributed by atoms with Gasteiger partial charge >= 0.3 is 0 Å². The van der Waals surface area contributed by atoms with Gasteiger partial charge in [-0.3, -0.25) is 14.7 Å². The minimum atomic E-state index is -0.562. The molecule has 0 unspecified atom stereocenters. The van der Waals surface area contributed by atoms with Crippen molar-refractivity contribution in [3.8, 4) is 0 Å². The van der Waals surface area contributed by atoms with E-state index in [1.165, 1.54) is 0 Å². The summed E-state index contributed by atoms with van der Waals surface area (Å²) < 4.78 is 0. The zero-order valence-electron chi connectivity index (χ0n) is 11.5. The van der Waals surface area contributed by atoms with Crippen molar-refractivity contribution in [3.63, 3.8) is 0 Å². The fourth-order valence-electron chi connectivity index (χ4n) is 2.56. The summed E-state index contributed by atoms with van der Waals surface area (Å²) >= 11 is 0. The number of aromatic nitrogens is 2. The lowest BCUT2D eigenvalue weighted by molar-refractivity contribution is -0.135. The summed E-state index contributed by atoms with van der Waals surface area (Å²) in [5, 5.41) is 6.73. The van der Waals surface area contributed by atoms with Crippen molar-refractivity contribution in [2.24, 2.45) is 5.73 Å².